The average molecular weight is 683 g/mol. The van der Waals surface area contributed by atoms with Crippen LogP contribution in [0.3, 0.4) is 0 Å². The first-order valence-electron chi connectivity index (χ1n) is 15.0. The van der Waals surface area contributed by atoms with Gasteiger partial charge in [0.1, 0.15) is 11.9 Å². The van der Waals surface area contributed by atoms with E-state index in [9.17, 15) is 22.4 Å². The van der Waals surface area contributed by atoms with Gasteiger partial charge < -0.3 is 10.2 Å². The molecule has 1 N–H and O–H groups in total. The predicted molar refractivity (Wildman–Crippen MR) is 177 cm³/mol. The lowest BCUT2D eigenvalue weighted by molar-refractivity contribution is -0.141. The van der Waals surface area contributed by atoms with Crippen LogP contribution in [-0.4, -0.2) is 42.5 Å². The third-order valence-corrected chi connectivity index (χ3v) is 10.5. The number of hydrogen-bond acceptors (Lipinski definition) is 4. The number of benzene rings is 4. The molecule has 2 amide bonds. The van der Waals surface area contributed by atoms with Crippen LogP contribution in [0.2, 0.25) is 10.0 Å². The Hall–Kier alpha value is -3.76. The van der Waals surface area contributed by atoms with E-state index in [1.54, 1.807) is 78.9 Å². The second-order valence-corrected chi connectivity index (χ2v) is 14.0. The zero-order valence-electron chi connectivity index (χ0n) is 25.0. The molecular formula is C35H34Cl2FN3O4S. The van der Waals surface area contributed by atoms with Gasteiger partial charge in [0.2, 0.25) is 21.8 Å². The first-order chi connectivity index (χ1) is 22.1. The zero-order valence-corrected chi connectivity index (χ0v) is 27.4. The van der Waals surface area contributed by atoms with Crippen molar-refractivity contribution in [1.82, 2.24) is 14.5 Å². The van der Waals surface area contributed by atoms with Crippen molar-refractivity contribution in [3.8, 4) is 0 Å². The topological polar surface area (TPSA) is 86.8 Å². The molecule has 1 aliphatic rings. The number of carbonyl (C=O) groups is 2. The quantitative estimate of drug-likeness (QED) is 0.176. The monoisotopic (exact) mass is 681 g/mol. The molecule has 5 rings (SSSR count). The van der Waals surface area contributed by atoms with E-state index in [-0.39, 0.29) is 30.3 Å². The largest absolute Gasteiger partial charge is 0.350 e. The number of aryl methyl sites for hydroxylation is 1. The van der Waals surface area contributed by atoms with Crippen molar-refractivity contribution in [2.45, 2.75) is 49.7 Å². The van der Waals surface area contributed by atoms with Crippen molar-refractivity contribution in [1.29, 1.82) is 0 Å². The Balaban J connectivity index is 1.38. The van der Waals surface area contributed by atoms with E-state index in [1.807, 2.05) is 6.07 Å². The Morgan fingerprint density at radius 1 is 0.870 bits per heavy atom. The lowest BCUT2D eigenvalue weighted by Crippen LogP contribution is -2.43. The molecule has 0 spiro atoms. The van der Waals surface area contributed by atoms with Crippen LogP contribution >= 0.6 is 23.2 Å². The molecule has 7 nitrogen and oxygen atoms in total. The molecule has 0 aliphatic carbocycles. The molecule has 0 radical (unpaired) electrons. The first-order valence-corrected chi connectivity index (χ1v) is 17.2. The first kappa shape index (κ1) is 33.6. The molecule has 0 aromatic heterocycles. The molecule has 1 heterocycles. The summed E-state index contributed by atoms with van der Waals surface area (Å²) in [5, 5.41) is 3.80. The number of carbonyl (C=O) groups excluding carboxylic acids is 2. The van der Waals surface area contributed by atoms with Crippen molar-refractivity contribution in [3.63, 3.8) is 0 Å². The second kappa shape index (κ2) is 15.2. The van der Waals surface area contributed by atoms with Crippen LogP contribution in [-0.2, 0) is 39.1 Å². The SMILES string of the molecule is O=C(NCc1ccc(Cl)cc1Cl)C(c1ccccc1)N(Cc1ccc(F)cc1)C(=O)CCc1ccc(S(=O)(=O)N2CCCC2)cc1. The minimum Gasteiger partial charge on any atom is -0.350 e. The van der Waals surface area contributed by atoms with E-state index in [4.69, 9.17) is 23.2 Å². The third kappa shape index (κ3) is 8.33. The fourth-order valence-electron chi connectivity index (χ4n) is 5.46. The van der Waals surface area contributed by atoms with Crippen LogP contribution in [0.5, 0.6) is 0 Å². The molecule has 1 atom stereocenters. The molecule has 46 heavy (non-hydrogen) atoms. The van der Waals surface area contributed by atoms with Gasteiger partial charge in [-0.15, -0.1) is 0 Å². The lowest BCUT2D eigenvalue weighted by atomic mass is 10.0. The van der Waals surface area contributed by atoms with E-state index in [0.29, 0.717) is 46.2 Å². The minimum atomic E-state index is -3.55. The fraction of sp³-hybridized carbons (Fsp3) is 0.257. The van der Waals surface area contributed by atoms with Gasteiger partial charge in [-0.25, -0.2) is 12.8 Å². The summed E-state index contributed by atoms with van der Waals surface area (Å²) in [5.41, 5.74) is 2.71. The summed E-state index contributed by atoms with van der Waals surface area (Å²) < 4.78 is 41.1. The van der Waals surface area contributed by atoms with E-state index in [2.05, 4.69) is 5.32 Å². The normalized spacial score (nSPS) is 14.2. The molecule has 1 saturated heterocycles. The van der Waals surface area contributed by atoms with Crippen LogP contribution in [0.4, 0.5) is 4.39 Å². The highest BCUT2D eigenvalue weighted by Gasteiger charge is 2.32. The summed E-state index contributed by atoms with van der Waals surface area (Å²) in [5.74, 6) is -1.12. The molecule has 240 valence electrons. The number of nitrogens with one attached hydrogen (secondary N) is 1. The summed E-state index contributed by atoms with van der Waals surface area (Å²) in [4.78, 5) is 29.6. The lowest BCUT2D eigenvalue weighted by Gasteiger charge is -2.32. The Kier molecular flexibility index (Phi) is 11.1. The van der Waals surface area contributed by atoms with Gasteiger partial charge in [0.25, 0.3) is 0 Å². The molecule has 0 saturated carbocycles. The summed E-state index contributed by atoms with van der Waals surface area (Å²) >= 11 is 12.4. The third-order valence-electron chi connectivity index (χ3n) is 7.98. The van der Waals surface area contributed by atoms with Crippen molar-refractivity contribution in [2.24, 2.45) is 0 Å². The molecule has 11 heteroatoms. The molecular weight excluding hydrogens is 648 g/mol. The number of sulfonamides is 1. The molecule has 4 aromatic rings. The van der Waals surface area contributed by atoms with Gasteiger partial charge in [-0.3, -0.25) is 9.59 Å². The maximum atomic E-state index is 14.0. The summed E-state index contributed by atoms with van der Waals surface area (Å²) in [6.45, 7) is 1.21. The summed E-state index contributed by atoms with van der Waals surface area (Å²) in [7, 11) is -3.55. The Bertz CT molecular complexity index is 1770. The second-order valence-electron chi connectivity index (χ2n) is 11.2. The van der Waals surface area contributed by atoms with Crippen molar-refractivity contribution >= 4 is 45.0 Å². The van der Waals surface area contributed by atoms with Gasteiger partial charge in [0, 0.05) is 42.6 Å². The van der Waals surface area contributed by atoms with Crippen molar-refractivity contribution in [3.05, 3.63) is 135 Å². The highest BCUT2D eigenvalue weighted by Crippen LogP contribution is 2.27. The Labute approximate surface area is 279 Å². The number of rotatable bonds is 12. The van der Waals surface area contributed by atoms with E-state index in [0.717, 1.165) is 18.4 Å². The van der Waals surface area contributed by atoms with Crippen LogP contribution in [0.1, 0.15) is 47.6 Å². The van der Waals surface area contributed by atoms with Gasteiger partial charge in [-0.1, -0.05) is 83.9 Å². The molecule has 4 aromatic carbocycles. The average Bonchev–Trinajstić information content (AvgIpc) is 3.61. The molecule has 1 aliphatic heterocycles. The van der Waals surface area contributed by atoms with E-state index >= 15 is 0 Å². The van der Waals surface area contributed by atoms with Gasteiger partial charge in [-0.05, 0) is 77.9 Å². The van der Waals surface area contributed by atoms with Crippen LogP contribution in [0, 0.1) is 5.82 Å². The number of amides is 2. The number of nitrogens with zero attached hydrogens (tertiary/aromatic N) is 2. The molecule has 1 unspecified atom stereocenters. The predicted octanol–water partition coefficient (Wildman–Crippen LogP) is 6.94. The maximum absolute atomic E-state index is 14.0. The van der Waals surface area contributed by atoms with Crippen LogP contribution in [0.25, 0.3) is 0 Å². The maximum Gasteiger partial charge on any atom is 0.247 e. The molecule has 1 fully saturated rings. The van der Waals surface area contributed by atoms with Crippen LogP contribution < -0.4 is 5.32 Å². The van der Waals surface area contributed by atoms with Gasteiger partial charge in [-0.2, -0.15) is 4.31 Å². The smallest absolute Gasteiger partial charge is 0.247 e. The van der Waals surface area contributed by atoms with Gasteiger partial charge in [0.05, 0.1) is 4.90 Å². The van der Waals surface area contributed by atoms with E-state index < -0.39 is 27.8 Å². The minimum absolute atomic E-state index is 0.0546. The van der Waals surface area contributed by atoms with Crippen LogP contribution in [0.15, 0.2) is 102 Å². The van der Waals surface area contributed by atoms with Gasteiger partial charge >= 0.3 is 0 Å². The number of halogens is 3. The van der Waals surface area contributed by atoms with Crippen molar-refractivity contribution in [2.75, 3.05) is 13.1 Å². The summed E-state index contributed by atoms with van der Waals surface area (Å²) in [6, 6.07) is 25.4. The number of hydrogen-bond donors (Lipinski definition) is 1. The highest BCUT2D eigenvalue weighted by atomic mass is 35.5. The molecule has 0 bridgehead atoms. The standard InChI is InChI=1S/C35H34Cl2FN3O4S/c36-29-14-13-28(32(37)22-29)23-39-35(43)34(27-6-2-1-3-7-27)41(24-26-8-15-30(38)16-9-26)33(42)19-12-25-10-17-31(18-11-25)46(44,45)40-20-4-5-21-40/h1-3,6-11,13-18,22,34H,4-5,12,19-21,23-24H2,(H,39,43). The van der Waals surface area contributed by atoms with Gasteiger partial charge in [0.15, 0.2) is 0 Å². The zero-order chi connectivity index (χ0) is 32.7. The summed E-state index contributed by atoms with van der Waals surface area (Å²) in [6.07, 6.45) is 2.08. The van der Waals surface area contributed by atoms with Crippen molar-refractivity contribution < 1.29 is 22.4 Å². The van der Waals surface area contributed by atoms with E-state index in [1.165, 1.54) is 21.3 Å². The Morgan fingerprint density at radius 2 is 1.52 bits per heavy atom. The fourth-order valence-corrected chi connectivity index (χ4v) is 7.46. The highest BCUT2D eigenvalue weighted by molar-refractivity contribution is 7.89. The Morgan fingerprint density at radius 3 is 2.17 bits per heavy atom.